The van der Waals surface area contributed by atoms with Crippen LogP contribution in [0.3, 0.4) is 0 Å². The van der Waals surface area contributed by atoms with E-state index in [2.05, 4.69) is 257 Å². The van der Waals surface area contributed by atoms with E-state index >= 15 is 0 Å². The maximum atomic E-state index is 2.63. The van der Waals surface area contributed by atoms with Crippen molar-refractivity contribution in [1.82, 2.24) is 0 Å². The average Bonchev–Trinajstić information content (AvgIpc) is 3.92. The number of rotatable bonds is 7. The highest BCUT2D eigenvalue weighted by Gasteiger charge is 2.49. The molecular formula is C67H53NS. The third-order valence-corrected chi connectivity index (χ3v) is 17.0. The Morgan fingerprint density at radius 2 is 0.899 bits per heavy atom. The largest absolute Gasteiger partial charge is 0.309 e. The Balaban J connectivity index is 1.04. The number of hydrogen-bond donors (Lipinski definition) is 0. The summed E-state index contributed by atoms with van der Waals surface area (Å²) >= 11 is 1.87. The molecule has 2 aliphatic carbocycles. The minimum Gasteiger partial charge on any atom is -0.309 e. The number of fused-ring (bicyclic) bond motifs is 8. The molecule has 11 aromatic rings. The van der Waals surface area contributed by atoms with E-state index in [-0.39, 0.29) is 10.8 Å². The van der Waals surface area contributed by atoms with Crippen molar-refractivity contribution in [2.75, 3.05) is 4.90 Å². The summed E-state index contributed by atoms with van der Waals surface area (Å²) < 4.78 is 2.59. The van der Waals surface area contributed by atoms with Gasteiger partial charge in [-0.05, 0) is 144 Å². The smallest absolute Gasteiger partial charge is 0.0713 e. The Kier molecular flexibility index (Phi) is 9.52. The zero-order chi connectivity index (χ0) is 46.5. The van der Waals surface area contributed by atoms with Gasteiger partial charge in [-0.2, -0.15) is 0 Å². The van der Waals surface area contributed by atoms with E-state index in [1.54, 1.807) is 0 Å². The van der Waals surface area contributed by atoms with Crippen LogP contribution in [0.25, 0.3) is 64.3 Å². The maximum Gasteiger partial charge on any atom is 0.0713 e. The van der Waals surface area contributed by atoms with Crippen molar-refractivity contribution in [2.45, 2.75) is 56.8 Å². The molecule has 0 radical (unpaired) electrons. The summed E-state index contributed by atoms with van der Waals surface area (Å²) in [5.41, 5.74) is 19.0. The Morgan fingerprint density at radius 1 is 0.362 bits per heavy atom. The molecule has 1 nitrogen and oxygen atoms in total. The van der Waals surface area contributed by atoms with Gasteiger partial charge < -0.3 is 4.90 Å². The molecule has 13 rings (SSSR count). The molecule has 0 N–H and O–H groups in total. The van der Waals surface area contributed by atoms with Crippen molar-refractivity contribution in [3.63, 3.8) is 0 Å². The van der Waals surface area contributed by atoms with Crippen molar-refractivity contribution in [3.8, 4) is 33.4 Å². The van der Waals surface area contributed by atoms with Crippen LogP contribution in [-0.4, -0.2) is 0 Å². The Bertz CT molecular complexity index is 3730. The van der Waals surface area contributed by atoms with Gasteiger partial charge in [0.1, 0.15) is 0 Å². The predicted octanol–water partition coefficient (Wildman–Crippen LogP) is 18.7. The van der Waals surface area contributed by atoms with E-state index in [9.17, 15) is 0 Å². The molecular weight excluding hydrogens is 851 g/mol. The van der Waals surface area contributed by atoms with E-state index in [1.165, 1.54) is 116 Å². The number of thiophene rings is 1. The minimum atomic E-state index is -0.478. The first-order chi connectivity index (χ1) is 33.7. The summed E-state index contributed by atoms with van der Waals surface area (Å²) in [7, 11) is 0. The minimum absolute atomic E-state index is 0.0689. The van der Waals surface area contributed by atoms with Crippen LogP contribution in [0.1, 0.15) is 73.9 Å². The molecule has 332 valence electrons. The highest BCUT2D eigenvalue weighted by atomic mass is 32.1. The van der Waals surface area contributed by atoms with E-state index in [0.717, 1.165) is 11.4 Å². The first-order valence-electron chi connectivity index (χ1n) is 24.5. The fourth-order valence-electron chi connectivity index (χ4n) is 12.2. The highest BCUT2D eigenvalue weighted by molar-refractivity contribution is 7.26. The monoisotopic (exact) mass is 903 g/mol. The van der Waals surface area contributed by atoms with Crippen molar-refractivity contribution in [1.29, 1.82) is 0 Å². The third kappa shape index (κ3) is 6.42. The average molecular weight is 904 g/mol. The topological polar surface area (TPSA) is 3.24 Å². The Hall–Kier alpha value is -7.52. The molecule has 1 heterocycles. The van der Waals surface area contributed by atoms with Crippen LogP contribution in [0.2, 0.25) is 0 Å². The lowest BCUT2D eigenvalue weighted by Gasteiger charge is -2.43. The lowest BCUT2D eigenvalue weighted by molar-refractivity contribution is 0.331. The molecule has 2 heteroatoms. The number of anilines is 3. The second-order valence-corrected chi connectivity index (χ2v) is 21.7. The van der Waals surface area contributed by atoms with Gasteiger partial charge in [0, 0.05) is 31.2 Å². The van der Waals surface area contributed by atoms with Crippen LogP contribution in [0.5, 0.6) is 0 Å². The van der Waals surface area contributed by atoms with Gasteiger partial charge in [-0.3, -0.25) is 0 Å². The lowest BCUT2D eigenvalue weighted by atomic mass is 9.61. The second-order valence-electron chi connectivity index (χ2n) is 20.6. The number of hydrogen-bond acceptors (Lipinski definition) is 2. The molecule has 0 saturated heterocycles. The summed E-state index contributed by atoms with van der Waals surface area (Å²) in [6, 6.07) is 84.5. The van der Waals surface area contributed by atoms with Crippen molar-refractivity contribution >= 4 is 59.3 Å². The van der Waals surface area contributed by atoms with Gasteiger partial charge in [-0.15, -0.1) is 11.3 Å². The molecule has 10 aromatic carbocycles. The molecule has 0 atom stereocenters. The highest BCUT2D eigenvalue weighted by Crippen LogP contribution is 2.60. The Morgan fingerprint density at radius 3 is 1.62 bits per heavy atom. The zero-order valence-corrected chi connectivity index (χ0v) is 40.4. The number of nitrogens with zero attached hydrogens (tertiary/aromatic N) is 1. The van der Waals surface area contributed by atoms with Crippen LogP contribution in [-0.2, 0) is 16.2 Å². The van der Waals surface area contributed by atoms with Crippen LogP contribution in [0, 0.1) is 0 Å². The van der Waals surface area contributed by atoms with Gasteiger partial charge in [-0.25, -0.2) is 0 Å². The van der Waals surface area contributed by atoms with Crippen LogP contribution < -0.4 is 4.90 Å². The van der Waals surface area contributed by atoms with E-state index in [4.69, 9.17) is 0 Å². The molecule has 2 aliphatic rings. The number of benzene rings is 10. The van der Waals surface area contributed by atoms with Gasteiger partial charge in [0.15, 0.2) is 0 Å². The standard InChI is InChI=1S/C67H53NS/c1-65(2)39-40-66(3,4)59-43-57-55(42-58(59)65)54-41-46(35-38-56(54)67(57,47-21-10-6-11-22-47)48-23-12-7-13-24-48)50-26-16-28-52-51(50)27-17-29-60(52)68(49-36-33-45(34-37-49)44-19-8-5-9-20-44)61-30-18-32-63-64(61)53-25-14-15-31-62(53)69-63/h5-38,41-43H,39-40H2,1-4H3. The lowest BCUT2D eigenvalue weighted by Crippen LogP contribution is -2.35. The van der Waals surface area contributed by atoms with Crippen LogP contribution in [0.4, 0.5) is 17.1 Å². The van der Waals surface area contributed by atoms with Gasteiger partial charge in [0.05, 0.1) is 16.8 Å². The summed E-state index contributed by atoms with van der Waals surface area (Å²) in [4.78, 5) is 2.50. The quantitative estimate of drug-likeness (QED) is 0.154. The van der Waals surface area contributed by atoms with E-state index in [0.29, 0.717) is 0 Å². The SMILES string of the molecule is CC1(C)CCC(C)(C)c2cc3c(cc21)-c1cc(-c2cccc4c(N(c5ccc(-c6ccccc6)cc5)c5cccc6sc7ccccc7c56)cccc24)ccc1C3(c1ccccc1)c1ccccc1. The molecule has 0 bridgehead atoms. The predicted molar refractivity (Wildman–Crippen MR) is 295 cm³/mol. The summed E-state index contributed by atoms with van der Waals surface area (Å²) in [5, 5.41) is 5.01. The van der Waals surface area contributed by atoms with Gasteiger partial charge in [-0.1, -0.05) is 204 Å². The summed E-state index contributed by atoms with van der Waals surface area (Å²) in [6.45, 7) is 9.83. The summed E-state index contributed by atoms with van der Waals surface area (Å²) in [6.07, 6.45) is 2.34. The molecule has 0 spiro atoms. The van der Waals surface area contributed by atoms with Gasteiger partial charge in [0.25, 0.3) is 0 Å². The molecule has 0 saturated carbocycles. The molecule has 1 aromatic heterocycles. The second kappa shape index (κ2) is 15.8. The van der Waals surface area contributed by atoms with Crippen molar-refractivity contribution < 1.29 is 0 Å². The molecule has 0 fully saturated rings. The van der Waals surface area contributed by atoms with Gasteiger partial charge >= 0.3 is 0 Å². The van der Waals surface area contributed by atoms with Crippen molar-refractivity contribution in [2.24, 2.45) is 0 Å². The molecule has 0 unspecified atom stereocenters. The first kappa shape index (κ1) is 41.7. The molecule has 0 aliphatic heterocycles. The van der Waals surface area contributed by atoms with Gasteiger partial charge in [0.2, 0.25) is 0 Å². The zero-order valence-electron chi connectivity index (χ0n) is 39.6. The summed E-state index contributed by atoms with van der Waals surface area (Å²) in [5.74, 6) is 0. The van der Waals surface area contributed by atoms with Crippen LogP contribution >= 0.6 is 11.3 Å². The fourth-order valence-corrected chi connectivity index (χ4v) is 13.4. The maximum absolute atomic E-state index is 2.63. The third-order valence-electron chi connectivity index (χ3n) is 15.8. The van der Waals surface area contributed by atoms with E-state index < -0.39 is 5.41 Å². The fraction of sp³-hybridized carbons (Fsp3) is 0.134. The van der Waals surface area contributed by atoms with Crippen LogP contribution in [0.15, 0.2) is 224 Å². The normalized spacial score (nSPS) is 15.2. The van der Waals surface area contributed by atoms with Crippen molar-refractivity contribution in [3.05, 3.63) is 258 Å². The Labute approximate surface area is 410 Å². The van der Waals surface area contributed by atoms with E-state index in [1.807, 2.05) is 11.3 Å². The molecule has 0 amide bonds. The molecule has 69 heavy (non-hydrogen) atoms. The first-order valence-corrected chi connectivity index (χ1v) is 25.4.